The second kappa shape index (κ2) is 5.32. The number of hydrogen-bond acceptors (Lipinski definition) is 3. The maximum Gasteiger partial charge on any atom is 0.419 e. The molecule has 4 nitrogen and oxygen atoms in total. The van der Waals surface area contributed by atoms with Crippen LogP contribution in [0.3, 0.4) is 0 Å². The van der Waals surface area contributed by atoms with Gasteiger partial charge in [0.05, 0.1) is 5.56 Å². The van der Waals surface area contributed by atoms with Crippen LogP contribution < -0.4 is 10.5 Å². The number of nitrogens with zero attached hydrogens (tertiary/aromatic N) is 1. The molecule has 1 aromatic rings. The normalized spacial score (nSPS) is 20.1. The summed E-state index contributed by atoms with van der Waals surface area (Å²) in [6, 6.07) is 2.78. The number of rotatable bonds is 3. The van der Waals surface area contributed by atoms with E-state index in [0.717, 1.165) is 24.7 Å². The average molecular weight is 287 g/mol. The Kier molecular flexibility index (Phi) is 3.89. The molecule has 1 aliphatic heterocycles. The maximum absolute atomic E-state index is 12.9. The molecule has 1 N–H and O–H groups in total. The minimum Gasteiger partial charge on any atom is -0.488 e. The topological polar surface area (TPSA) is 53.3 Å². The van der Waals surface area contributed by atoms with Crippen LogP contribution >= 0.6 is 0 Å². The van der Waals surface area contributed by atoms with Crippen LogP contribution in [-0.2, 0) is 6.18 Å². The number of amides is 1. The lowest BCUT2D eigenvalue weighted by molar-refractivity contribution is -0.139. The molecule has 20 heavy (non-hydrogen) atoms. The first-order valence-electron chi connectivity index (χ1n) is 6.10. The van der Waals surface area contributed by atoms with Crippen molar-refractivity contribution in [2.75, 3.05) is 20.1 Å². The Morgan fingerprint density at radius 2 is 2.15 bits per heavy atom. The summed E-state index contributed by atoms with van der Waals surface area (Å²) >= 11 is 0. The Bertz CT molecular complexity index is 517. The predicted molar refractivity (Wildman–Crippen MR) is 65.4 cm³/mol. The lowest BCUT2D eigenvalue weighted by atomic mass is 10.1. The monoisotopic (exact) mass is 287 g/mol. The standard InChI is InChI=1S/C13H14F3N2O2/c1-18-5-4-9(7-18)20-11-6-8(12(17)19)2-3-10(11)13(14,15)16/h2-3,6,9,17H,4-5,7H2,1H3. The molecule has 1 fully saturated rings. The molecule has 0 spiro atoms. The molecule has 1 amide bonds. The van der Waals surface area contributed by atoms with Crippen molar-refractivity contribution in [2.45, 2.75) is 18.7 Å². The molecule has 1 atom stereocenters. The zero-order valence-electron chi connectivity index (χ0n) is 10.8. The minimum absolute atomic E-state index is 0.112. The summed E-state index contributed by atoms with van der Waals surface area (Å²) in [4.78, 5) is 12.9. The lowest BCUT2D eigenvalue weighted by Gasteiger charge is -2.18. The molecule has 1 radical (unpaired) electrons. The number of carbonyl (C=O) groups excluding carboxylic acids is 1. The van der Waals surface area contributed by atoms with Crippen LogP contribution in [0.5, 0.6) is 5.75 Å². The van der Waals surface area contributed by atoms with Gasteiger partial charge >= 0.3 is 6.18 Å². The summed E-state index contributed by atoms with van der Waals surface area (Å²) in [6.07, 6.45) is -4.26. The molecule has 1 aromatic carbocycles. The van der Waals surface area contributed by atoms with Gasteiger partial charge in [0, 0.05) is 18.7 Å². The second-order valence-corrected chi connectivity index (χ2v) is 4.83. The molecule has 0 aromatic heterocycles. The summed E-state index contributed by atoms with van der Waals surface area (Å²) in [5.41, 5.74) is 5.94. The van der Waals surface area contributed by atoms with Gasteiger partial charge < -0.3 is 9.64 Å². The van der Waals surface area contributed by atoms with Gasteiger partial charge in [-0.3, -0.25) is 10.5 Å². The average Bonchev–Trinajstić information content (AvgIpc) is 2.73. The molecular formula is C13H14F3N2O2. The van der Waals surface area contributed by atoms with Crippen molar-refractivity contribution in [2.24, 2.45) is 0 Å². The SMILES string of the molecule is CN1CCC(Oc2cc(C([NH])=O)ccc2C(F)(F)F)C1. The molecule has 0 bridgehead atoms. The Morgan fingerprint density at radius 3 is 2.65 bits per heavy atom. The lowest BCUT2D eigenvalue weighted by Crippen LogP contribution is -2.23. The van der Waals surface area contributed by atoms with Gasteiger partial charge in [-0.25, -0.2) is 0 Å². The molecule has 0 aliphatic carbocycles. The molecule has 7 heteroatoms. The highest BCUT2D eigenvalue weighted by atomic mass is 19.4. The first-order valence-corrected chi connectivity index (χ1v) is 6.10. The highest BCUT2D eigenvalue weighted by Gasteiger charge is 2.36. The van der Waals surface area contributed by atoms with Gasteiger partial charge in [-0.15, -0.1) is 0 Å². The number of benzene rings is 1. The van der Waals surface area contributed by atoms with Crippen LogP contribution in [0.1, 0.15) is 22.3 Å². The Hall–Kier alpha value is -1.76. The van der Waals surface area contributed by atoms with E-state index in [1.807, 2.05) is 11.9 Å². The van der Waals surface area contributed by atoms with Crippen LogP contribution in [0.15, 0.2) is 18.2 Å². The van der Waals surface area contributed by atoms with Crippen molar-refractivity contribution in [1.82, 2.24) is 10.6 Å². The van der Waals surface area contributed by atoms with Crippen LogP contribution in [0.4, 0.5) is 13.2 Å². The van der Waals surface area contributed by atoms with Crippen molar-refractivity contribution in [3.05, 3.63) is 29.3 Å². The zero-order valence-corrected chi connectivity index (χ0v) is 10.8. The third kappa shape index (κ3) is 3.22. The second-order valence-electron chi connectivity index (χ2n) is 4.83. The van der Waals surface area contributed by atoms with Gasteiger partial charge in [0.1, 0.15) is 11.9 Å². The van der Waals surface area contributed by atoms with Gasteiger partial charge in [-0.05, 0) is 31.7 Å². The molecular weight excluding hydrogens is 273 g/mol. The quantitative estimate of drug-likeness (QED) is 0.856. The highest BCUT2D eigenvalue weighted by molar-refractivity contribution is 5.92. The number of likely N-dealkylation sites (N-methyl/N-ethyl adjacent to an activating group) is 1. The number of hydrogen-bond donors (Lipinski definition) is 0. The minimum atomic E-state index is -4.55. The summed E-state index contributed by atoms with van der Waals surface area (Å²) in [7, 11) is 1.86. The van der Waals surface area contributed by atoms with Crippen LogP contribution in [0.25, 0.3) is 0 Å². The molecule has 1 heterocycles. The number of alkyl halides is 3. The van der Waals surface area contributed by atoms with E-state index in [-0.39, 0.29) is 17.4 Å². The third-order valence-corrected chi connectivity index (χ3v) is 3.19. The molecule has 1 unspecified atom stereocenters. The van der Waals surface area contributed by atoms with Gasteiger partial charge in [0.15, 0.2) is 0 Å². The van der Waals surface area contributed by atoms with E-state index < -0.39 is 17.6 Å². The van der Waals surface area contributed by atoms with E-state index >= 15 is 0 Å². The smallest absolute Gasteiger partial charge is 0.419 e. The van der Waals surface area contributed by atoms with Crippen molar-refractivity contribution >= 4 is 5.91 Å². The number of likely N-dealkylation sites (tertiary alicyclic amines) is 1. The Balaban J connectivity index is 2.31. The largest absolute Gasteiger partial charge is 0.488 e. The van der Waals surface area contributed by atoms with Crippen molar-refractivity contribution in [1.29, 1.82) is 0 Å². The number of carbonyl (C=O) groups is 1. The van der Waals surface area contributed by atoms with E-state index in [1.54, 1.807) is 0 Å². The first kappa shape index (κ1) is 14.6. The Labute approximate surface area is 114 Å². The molecule has 0 saturated carbocycles. The van der Waals surface area contributed by atoms with Gasteiger partial charge in [-0.2, -0.15) is 13.2 Å². The fourth-order valence-electron chi connectivity index (χ4n) is 2.17. The van der Waals surface area contributed by atoms with E-state index in [4.69, 9.17) is 10.5 Å². The molecule has 109 valence electrons. The number of nitrogens with one attached hydrogen (secondary N) is 1. The summed E-state index contributed by atoms with van der Waals surface area (Å²) in [6.45, 7) is 1.29. The Morgan fingerprint density at radius 1 is 1.45 bits per heavy atom. The predicted octanol–water partition coefficient (Wildman–Crippen LogP) is 2.21. The van der Waals surface area contributed by atoms with Crippen molar-refractivity contribution in [3.63, 3.8) is 0 Å². The summed E-state index contributed by atoms with van der Waals surface area (Å²) in [5.74, 6) is -1.41. The van der Waals surface area contributed by atoms with Crippen LogP contribution in [0.2, 0.25) is 0 Å². The van der Waals surface area contributed by atoms with Crippen LogP contribution in [0, 0.1) is 0 Å². The molecule has 1 saturated heterocycles. The fourth-order valence-corrected chi connectivity index (χ4v) is 2.17. The van der Waals surface area contributed by atoms with E-state index in [1.165, 1.54) is 0 Å². The van der Waals surface area contributed by atoms with Gasteiger partial charge in [0.25, 0.3) is 5.91 Å². The van der Waals surface area contributed by atoms with Gasteiger partial charge in [0.2, 0.25) is 0 Å². The highest BCUT2D eigenvalue weighted by Crippen LogP contribution is 2.37. The van der Waals surface area contributed by atoms with Crippen molar-refractivity contribution < 1.29 is 22.7 Å². The van der Waals surface area contributed by atoms with Crippen LogP contribution in [-0.4, -0.2) is 37.0 Å². The number of ether oxygens (including phenoxy) is 1. The zero-order chi connectivity index (χ0) is 14.9. The van der Waals surface area contributed by atoms with E-state index in [0.29, 0.717) is 13.0 Å². The summed E-state index contributed by atoms with van der Waals surface area (Å²) < 4.78 is 44.1. The van der Waals surface area contributed by atoms with E-state index in [9.17, 15) is 18.0 Å². The summed E-state index contributed by atoms with van der Waals surface area (Å²) in [5, 5.41) is 0. The number of halogens is 3. The maximum atomic E-state index is 12.9. The fraction of sp³-hybridized carbons (Fsp3) is 0.462. The molecule has 2 rings (SSSR count). The van der Waals surface area contributed by atoms with Crippen molar-refractivity contribution in [3.8, 4) is 5.75 Å². The van der Waals surface area contributed by atoms with Gasteiger partial charge in [-0.1, -0.05) is 0 Å². The molecule has 1 aliphatic rings. The third-order valence-electron chi connectivity index (χ3n) is 3.19. The van der Waals surface area contributed by atoms with E-state index in [2.05, 4.69) is 0 Å². The first-order chi connectivity index (χ1) is 9.27.